The smallest absolute Gasteiger partial charge is 0.304 e. The Kier molecular flexibility index (Phi) is 39.1. The van der Waals surface area contributed by atoms with E-state index >= 15 is 0 Å². The van der Waals surface area contributed by atoms with Gasteiger partial charge in [-0.2, -0.15) is 0 Å². The summed E-state index contributed by atoms with van der Waals surface area (Å²) in [6.45, 7) is 9.12. The van der Waals surface area contributed by atoms with Crippen LogP contribution in [0.3, 0.4) is 0 Å². The third-order valence-electron chi connectivity index (χ3n) is 15.3. The zero-order valence-electron chi connectivity index (χ0n) is 57.2. The molecule has 7 aromatic rings. The van der Waals surface area contributed by atoms with E-state index in [1.54, 1.807) is 20.9 Å². The van der Waals surface area contributed by atoms with Crippen molar-refractivity contribution in [3.63, 3.8) is 0 Å². The van der Waals surface area contributed by atoms with Crippen LogP contribution in [-0.2, 0) is 43.2 Å². The van der Waals surface area contributed by atoms with Gasteiger partial charge in [-0.15, -0.1) is 0 Å². The minimum atomic E-state index is -0.722. The summed E-state index contributed by atoms with van der Waals surface area (Å²) in [7, 11) is 1.66. The second kappa shape index (κ2) is 44.4. The van der Waals surface area contributed by atoms with Crippen molar-refractivity contribution in [1.29, 1.82) is 0 Å². The number of pyridine rings is 7. The molecule has 7 aromatic heterocycles. The van der Waals surface area contributed by atoms with Crippen LogP contribution in [0.2, 0.25) is 0 Å². The monoisotopic (exact) mass is 2340 g/mol. The lowest BCUT2D eigenvalue weighted by atomic mass is 9.98. The van der Waals surface area contributed by atoms with E-state index in [4.69, 9.17) is 17.2 Å². The molecule has 4 fully saturated rings. The van der Waals surface area contributed by atoms with Crippen LogP contribution in [0.25, 0.3) is 0 Å². The summed E-state index contributed by atoms with van der Waals surface area (Å²) < 4.78 is 93.4. The molecule has 2 aliphatic heterocycles. The fraction of sp³-hybridized carbons (Fsp3) is 0.394. The molecule has 6 aliphatic rings. The number of alkyl halides is 2. The van der Waals surface area contributed by atoms with Crippen molar-refractivity contribution in [3.8, 4) is 0 Å². The number of carbonyl (C=O) groups is 5. The van der Waals surface area contributed by atoms with Crippen molar-refractivity contribution >= 4 is 269 Å². The average Bonchev–Trinajstić information content (AvgIpc) is 1.37. The van der Waals surface area contributed by atoms with E-state index in [9.17, 15) is 64.8 Å². The van der Waals surface area contributed by atoms with Gasteiger partial charge in [0.15, 0.2) is 56.9 Å². The molecule has 0 saturated heterocycles. The number of carbonyl (C=O) groups excluding carboxylic acids is 5. The second-order valence-corrected chi connectivity index (χ2v) is 35.2. The number of ketones is 3. The normalized spacial score (nSPS) is 16.6. The molecular weight excluding hydrogens is 2290 g/mol. The van der Waals surface area contributed by atoms with Gasteiger partial charge >= 0.3 is 5.69 Å². The Balaban J connectivity index is 0.000000223. The van der Waals surface area contributed by atoms with Crippen molar-refractivity contribution in [2.75, 3.05) is 33.2 Å². The van der Waals surface area contributed by atoms with E-state index < -0.39 is 45.6 Å². The van der Waals surface area contributed by atoms with Crippen LogP contribution >= 0.6 is 207 Å². The topological polar surface area (TPSA) is 319 Å². The molecule has 9 heterocycles. The third-order valence-corrected chi connectivity index (χ3v) is 23.6. The summed E-state index contributed by atoms with van der Waals surface area (Å²) >= 11 is 39.4. The number of anilines is 5. The molecular formula is C66H65Br13F7N15O7. The second-order valence-electron chi connectivity index (χ2n) is 24.2. The Morgan fingerprint density at radius 3 is 1.38 bits per heavy atom. The number of likely N-dealkylation sites (N-methyl/N-ethyl adjacent to an activating group) is 1. The molecule has 0 bridgehead atoms. The molecule has 7 N–H and O–H groups in total. The standard InChI is InChI=1S/C12H13Br2FN2O.C12H13BrFN3O.C12H12BrFN2O.C9H7Br3FNO.C5H3Br2FN2.C5H2BrFN2O2.C5H4BrFN2.C3H4Br2O.C3H7N/c1-6(16-8-2-3-8)10(18)5-7-4-9(15)12(14)17-11(7)13;1-6-12(18)16(2)9-5-8(14)10(13)15-11(9)17(6)7-3-4-7;1-6-10(17)5-7-4-9(14)11(13)15-12(7)16(6)8-2-3-8;1-4(10)7(15)3-5-2-6(13)9(12)14-8(5)11;6-4-2(8)1-3(9)5(7)10-4;6-5-4(9(10)11)1-3(7)2-8-5;6-5-4(8)1-3(7)2-9-5;1-2(4)3(5)6;4-3-1-2-3/h4,6,8,16H,2-3,5H2,1H3;5-7H,3-4H2,1-2H3;4,6,8H,2-3,5H2,1H3;2,4H,3H2,1H3;1H,9H2;1-2H;1-2H,8H2;2H,1H3;3H,1-2,4H2. The summed E-state index contributed by atoms with van der Waals surface area (Å²) in [6, 6.07) is 9.88. The van der Waals surface area contributed by atoms with Crippen LogP contribution in [0.5, 0.6) is 0 Å². The number of halogens is 20. The summed E-state index contributed by atoms with van der Waals surface area (Å²) in [5, 5.41) is 13.4. The SMILES string of the molecule is CC(Br)C(=O)Br.CC(Br)C(=O)Cc1cc(F)c(Br)nc1Br.CC(NC1CC1)C(=O)Cc1cc(F)c(Br)nc1Br.CC1C(=O)Cc2cc(F)c(Br)nc2N1C1CC1.CC1C(=O)N(C)c2cc(F)c(Br)nc2N1C1CC1.NC1CC1.Nc1cc(F)c(Br)nc1Br.Nc1cc(F)cnc1Br.O=[N+]([O-])c1cc(F)cnc1Br. The highest BCUT2D eigenvalue weighted by atomic mass is 79.9. The van der Waals surface area contributed by atoms with E-state index in [0.717, 1.165) is 62.8 Å². The number of nitro groups is 1. The Morgan fingerprint density at radius 1 is 0.556 bits per heavy atom. The van der Waals surface area contributed by atoms with Crippen LogP contribution in [0.1, 0.15) is 103 Å². The maximum Gasteiger partial charge on any atom is 0.304 e. The van der Waals surface area contributed by atoms with E-state index in [0.29, 0.717) is 82.2 Å². The number of fused-ring (bicyclic) bond motifs is 2. The molecule has 13 rings (SSSR count). The number of nitrogens with zero attached hydrogens (tertiary/aromatic N) is 11. The lowest BCUT2D eigenvalue weighted by Crippen LogP contribution is -2.52. The predicted molar refractivity (Wildman–Crippen MR) is 445 cm³/mol. The molecule has 0 spiro atoms. The Labute approximate surface area is 725 Å². The first-order valence-electron chi connectivity index (χ1n) is 31.8. The zero-order valence-corrected chi connectivity index (χ0v) is 77.9. The molecule has 42 heteroatoms. The first-order valence-corrected chi connectivity index (χ1v) is 42.4. The van der Waals surface area contributed by atoms with Crippen molar-refractivity contribution in [1.82, 2.24) is 40.2 Å². The summed E-state index contributed by atoms with van der Waals surface area (Å²) in [6.07, 6.45) is 11.7. The molecule has 108 heavy (non-hydrogen) atoms. The van der Waals surface area contributed by atoms with Gasteiger partial charge in [0.25, 0.3) is 0 Å². The minimum absolute atomic E-state index is 0.0116. The van der Waals surface area contributed by atoms with Gasteiger partial charge in [-0.1, -0.05) is 31.9 Å². The highest BCUT2D eigenvalue weighted by molar-refractivity contribution is 9.20. The van der Waals surface area contributed by atoms with Gasteiger partial charge in [0, 0.05) is 74.2 Å². The van der Waals surface area contributed by atoms with Gasteiger partial charge in [0.2, 0.25) is 10.6 Å². The van der Waals surface area contributed by atoms with Gasteiger partial charge in [0.1, 0.15) is 64.9 Å². The maximum absolute atomic E-state index is 13.6. The van der Waals surface area contributed by atoms with E-state index in [-0.39, 0.29) is 108 Å². The fourth-order valence-electron chi connectivity index (χ4n) is 8.91. The first-order chi connectivity index (χ1) is 50.4. The van der Waals surface area contributed by atoms with E-state index in [1.165, 1.54) is 54.1 Å². The largest absolute Gasteiger partial charge is 0.396 e. The minimum Gasteiger partial charge on any atom is -0.396 e. The summed E-state index contributed by atoms with van der Waals surface area (Å²) in [5.74, 6) is -1.74. The number of rotatable bonds is 12. The van der Waals surface area contributed by atoms with Crippen LogP contribution in [0.4, 0.5) is 65.1 Å². The van der Waals surface area contributed by atoms with Gasteiger partial charge in [-0.25, -0.2) is 65.6 Å². The van der Waals surface area contributed by atoms with Gasteiger partial charge in [-0.05, 0) is 291 Å². The number of nitrogens with two attached hydrogens (primary N) is 3. The van der Waals surface area contributed by atoms with Crippen molar-refractivity contribution in [3.05, 3.63) is 168 Å². The molecule has 0 radical (unpaired) electrons. The number of hydrogen-bond acceptors (Lipinski definition) is 20. The van der Waals surface area contributed by atoms with Crippen molar-refractivity contribution in [2.45, 2.75) is 157 Å². The number of nitrogens with one attached hydrogen (secondary N) is 1. The van der Waals surface area contributed by atoms with Crippen molar-refractivity contribution in [2.24, 2.45) is 5.73 Å². The third kappa shape index (κ3) is 30.3. The van der Waals surface area contributed by atoms with Crippen LogP contribution in [0, 0.1) is 50.8 Å². The molecule has 1 amide bonds. The summed E-state index contributed by atoms with van der Waals surface area (Å²) in [4.78, 5) is 99.2. The number of nitrogen functional groups attached to an aromatic ring is 2. The molecule has 0 aromatic carbocycles. The number of amides is 1. The highest BCUT2D eigenvalue weighted by Crippen LogP contribution is 2.43. The van der Waals surface area contributed by atoms with E-state index in [2.05, 4.69) is 247 Å². The molecule has 4 saturated carbocycles. The molecule has 5 atom stereocenters. The molecule has 5 unspecified atom stereocenters. The Bertz CT molecular complexity index is 4360. The van der Waals surface area contributed by atoms with Gasteiger partial charge < -0.3 is 37.2 Å². The quantitative estimate of drug-likeness (QED) is 0.0220. The van der Waals surface area contributed by atoms with Gasteiger partial charge in [0.05, 0.1) is 62.2 Å². The van der Waals surface area contributed by atoms with E-state index in [1.807, 2.05) is 30.6 Å². The van der Waals surface area contributed by atoms with Crippen LogP contribution in [-0.4, -0.2) is 127 Å². The number of aromatic nitrogens is 7. The van der Waals surface area contributed by atoms with Gasteiger partial charge in [-0.3, -0.25) is 34.1 Å². The highest BCUT2D eigenvalue weighted by Gasteiger charge is 2.44. The van der Waals surface area contributed by atoms with Crippen molar-refractivity contribution < 1.29 is 59.6 Å². The average molecular weight is 2350 g/mol. The molecule has 22 nitrogen and oxygen atoms in total. The Hall–Kier alpha value is -3.53. The number of hydrogen-bond donors (Lipinski definition) is 4. The number of Topliss-reactive ketones (excluding diaryl/α,β-unsaturated/α-hetero) is 3. The summed E-state index contributed by atoms with van der Waals surface area (Å²) in [5.41, 5.74) is 18.4. The first kappa shape index (κ1) is 95.1. The molecule has 4 aliphatic carbocycles. The lowest BCUT2D eigenvalue weighted by Gasteiger charge is -2.39. The molecule has 586 valence electrons. The predicted octanol–water partition coefficient (Wildman–Crippen LogP) is 19.0. The van der Waals surface area contributed by atoms with Crippen LogP contribution < -0.4 is 37.2 Å². The zero-order chi connectivity index (χ0) is 81.2. The van der Waals surface area contributed by atoms with Crippen LogP contribution in [0.15, 0.2) is 101 Å². The fourth-order valence-corrected chi connectivity index (χ4v) is 13.0. The lowest BCUT2D eigenvalue weighted by molar-refractivity contribution is -0.386. The Morgan fingerprint density at radius 2 is 0.963 bits per heavy atom. The maximum atomic E-state index is 13.6.